The first-order valence-electron chi connectivity index (χ1n) is 9.96. The van der Waals surface area contributed by atoms with Crippen molar-refractivity contribution in [2.75, 3.05) is 0 Å². The highest BCUT2D eigenvalue weighted by atomic mass is 35.5. The quantitative estimate of drug-likeness (QED) is 0.427. The van der Waals surface area contributed by atoms with Crippen LogP contribution in [0, 0.1) is 6.92 Å². The third-order valence-electron chi connectivity index (χ3n) is 5.83. The monoisotopic (exact) mass is 401 g/mol. The van der Waals surface area contributed by atoms with Gasteiger partial charge in [-0.2, -0.15) is 0 Å². The highest BCUT2D eigenvalue weighted by Gasteiger charge is 2.29. The van der Waals surface area contributed by atoms with Crippen LogP contribution in [0.2, 0.25) is 5.02 Å². The molecule has 3 nitrogen and oxygen atoms in total. The number of benzene rings is 2. The van der Waals surface area contributed by atoms with Gasteiger partial charge in [0.25, 0.3) is 0 Å². The van der Waals surface area contributed by atoms with Crippen LogP contribution in [0.15, 0.2) is 73.2 Å². The first-order valence-corrected chi connectivity index (χ1v) is 10.3. The summed E-state index contributed by atoms with van der Waals surface area (Å²) in [4.78, 5) is 13.2. The van der Waals surface area contributed by atoms with Gasteiger partial charge in [0.1, 0.15) is 0 Å². The molecule has 0 saturated carbocycles. The summed E-state index contributed by atoms with van der Waals surface area (Å²) in [5, 5.41) is 1.76. The lowest BCUT2D eigenvalue weighted by molar-refractivity contribution is -0.687. The van der Waals surface area contributed by atoms with Crippen molar-refractivity contribution in [3.05, 3.63) is 100 Å². The molecule has 144 valence electrons. The predicted octanol–water partition coefficient (Wildman–Crippen LogP) is 5.31. The number of pyridine rings is 1. The van der Waals surface area contributed by atoms with Crippen molar-refractivity contribution in [2.24, 2.45) is 0 Å². The molecule has 1 aliphatic carbocycles. The van der Waals surface area contributed by atoms with Gasteiger partial charge < -0.3 is 4.57 Å². The van der Waals surface area contributed by atoms with Crippen molar-refractivity contribution in [1.82, 2.24) is 4.57 Å². The first kappa shape index (κ1) is 18.1. The average molecular weight is 402 g/mol. The molecule has 1 aliphatic rings. The molecular weight excluding hydrogens is 380 g/mol. The highest BCUT2D eigenvalue weighted by molar-refractivity contribution is 6.31. The molecule has 4 heteroatoms. The Morgan fingerprint density at radius 2 is 2.03 bits per heavy atom. The van der Waals surface area contributed by atoms with Crippen LogP contribution < -0.4 is 4.57 Å². The third-order valence-corrected chi connectivity index (χ3v) is 6.06. The lowest BCUT2D eigenvalue weighted by Gasteiger charge is -2.25. The minimum absolute atomic E-state index is 0.155. The molecule has 4 aromatic rings. The van der Waals surface area contributed by atoms with Gasteiger partial charge in [-0.05, 0) is 49.6 Å². The van der Waals surface area contributed by atoms with Crippen molar-refractivity contribution in [1.29, 1.82) is 0 Å². The van der Waals surface area contributed by atoms with Gasteiger partial charge in [-0.25, -0.2) is 4.57 Å². The molecule has 2 heterocycles. The van der Waals surface area contributed by atoms with Crippen LogP contribution >= 0.6 is 11.6 Å². The molecule has 2 aromatic heterocycles. The molecule has 1 unspecified atom stereocenters. The van der Waals surface area contributed by atoms with Crippen molar-refractivity contribution in [2.45, 2.75) is 32.4 Å². The zero-order chi connectivity index (χ0) is 20.0. The van der Waals surface area contributed by atoms with E-state index in [2.05, 4.69) is 64.8 Å². The van der Waals surface area contributed by atoms with Crippen LogP contribution in [0.1, 0.15) is 39.5 Å². The summed E-state index contributed by atoms with van der Waals surface area (Å²) in [6.07, 6.45) is 8.00. The van der Waals surface area contributed by atoms with Gasteiger partial charge in [0, 0.05) is 28.4 Å². The molecule has 0 aliphatic heterocycles. The van der Waals surface area contributed by atoms with Crippen molar-refractivity contribution < 1.29 is 9.36 Å². The minimum atomic E-state index is -0.175. The van der Waals surface area contributed by atoms with E-state index in [-0.39, 0.29) is 11.8 Å². The van der Waals surface area contributed by atoms with E-state index in [1.54, 1.807) is 0 Å². The predicted molar refractivity (Wildman–Crippen MR) is 116 cm³/mol. The molecule has 29 heavy (non-hydrogen) atoms. The van der Waals surface area contributed by atoms with Crippen LogP contribution in [-0.4, -0.2) is 10.4 Å². The molecule has 1 atom stereocenters. The largest absolute Gasteiger partial charge is 0.336 e. The van der Waals surface area contributed by atoms with Gasteiger partial charge in [-0.15, -0.1) is 0 Å². The van der Waals surface area contributed by atoms with E-state index in [9.17, 15) is 4.79 Å². The van der Waals surface area contributed by atoms with Gasteiger partial charge in [-0.1, -0.05) is 41.4 Å². The Hall–Kier alpha value is -2.91. The number of Topliss-reactive ketones (excluding diaryl/α,β-unsaturated/α-hetero) is 1. The van der Waals surface area contributed by atoms with Crippen molar-refractivity contribution in [3.63, 3.8) is 0 Å². The number of halogens is 1. The Morgan fingerprint density at radius 3 is 2.90 bits per heavy atom. The zero-order valence-electron chi connectivity index (χ0n) is 16.3. The van der Waals surface area contributed by atoms with Gasteiger partial charge in [0.2, 0.25) is 0 Å². The number of nitrogens with zero attached hydrogens (tertiary/aromatic N) is 2. The van der Waals surface area contributed by atoms with E-state index in [1.807, 2.05) is 24.4 Å². The molecule has 0 saturated heterocycles. The topological polar surface area (TPSA) is 25.9 Å². The number of aromatic nitrogens is 2. The molecular formula is C25H22ClN2O+. The van der Waals surface area contributed by atoms with E-state index >= 15 is 0 Å². The van der Waals surface area contributed by atoms with Gasteiger partial charge in [0.05, 0.1) is 16.9 Å². The number of ketones is 1. The fraction of sp³-hybridized carbons (Fsp3) is 0.200. The number of carbonyl (C=O) groups excluding carboxylic acids is 1. The maximum absolute atomic E-state index is 13.2. The fourth-order valence-corrected chi connectivity index (χ4v) is 4.58. The van der Waals surface area contributed by atoms with Crippen LogP contribution in [0.3, 0.4) is 0 Å². The number of carbonyl (C=O) groups is 1. The average Bonchev–Trinajstić information content (AvgIpc) is 3.12. The molecule has 5 rings (SSSR count). The molecule has 0 bridgehead atoms. The highest BCUT2D eigenvalue weighted by Crippen LogP contribution is 2.32. The van der Waals surface area contributed by atoms with Crippen LogP contribution in [0.4, 0.5) is 0 Å². The Bertz CT molecular complexity index is 1240. The summed E-state index contributed by atoms with van der Waals surface area (Å²) in [6.45, 7) is 2.95. The Morgan fingerprint density at radius 1 is 1.14 bits per heavy atom. The van der Waals surface area contributed by atoms with E-state index in [0.717, 1.165) is 41.4 Å². The number of aryl methyl sites for hydroxylation is 2. The Kier molecular flexibility index (Phi) is 4.48. The molecule has 2 aromatic carbocycles. The fourth-order valence-electron chi connectivity index (χ4n) is 4.41. The lowest BCUT2D eigenvalue weighted by atomic mass is 9.87. The summed E-state index contributed by atoms with van der Waals surface area (Å²) in [7, 11) is 0. The number of hydrogen-bond donors (Lipinski definition) is 0. The lowest BCUT2D eigenvalue weighted by Crippen LogP contribution is -2.33. The standard InChI is InChI=1S/C25H22ClN2O/c1-17-3-2-4-18(13-17)15-27-11-10-23-20(16-27)9-12-28(23)24-8-6-19-5-7-21(26)14-22(19)25(24)29/h2-5,7,9-14,16,24H,6,8,15H2,1H3/q+1. The van der Waals surface area contributed by atoms with Crippen molar-refractivity contribution in [3.8, 4) is 0 Å². The number of rotatable bonds is 3. The van der Waals surface area contributed by atoms with Gasteiger partial charge in [-0.3, -0.25) is 4.79 Å². The molecule has 0 N–H and O–H groups in total. The summed E-state index contributed by atoms with van der Waals surface area (Å²) < 4.78 is 4.32. The first-order chi connectivity index (χ1) is 14.1. The molecule has 0 radical (unpaired) electrons. The van der Waals surface area contributed by atoms with Crippen LogP contribution in [0.25, 0.3) is 10.9 Å². The smallest absolute Gasteiger partial charge is 0.185 e. The third kappa shape index (κ3) is 3.36. The second kappa shape index (κ2) is 7.16. The van der Waals surface area contributed by atoms with E-state index in [1.165, 1.54) is 11.1 Å². The second-order valence-electron chi connectivity index (χ2n) is 7.89. The number of hydrogen-bond acceptors (Lipinski definition) is 1. The zero-order valence-corrected chi connectivity index (χ0v) is 17.1. The van der Waals surface area contributed by atoms with Crippen LogP contribution in [-0.2, 0) is 13.0 Å². The minimum Gasteiger partial charge on any atom is -0.336 e. The normalized spacial score (nSPS) is 16.2. The summed E-state index contributed by atoms with van der Waals surface area (Å²) in [5.74, 6) is 0.155. The van der Waals surface area contributed by atoms with E-state index < -0.39 is 0 Å². The van der Waals surface area contributed by atoms with Crippen LogP contribution in [0.5, 0.6) is 0 Å². The number of fused-ring (bicyclic) bond motifs is 2. The van der Waals surface area contributed by atoms with E-state index in [0.29, 0.717) is 5.02 Å². The summed E-state index contributed by atoms with van der Waals surface area (Å²) >= 11 is 6.14. The van der Waals surface area contributed by atoms with Gasteiger partial charge >= 0.3 is 0 Å². The van der Waals surface area contributed by atoms with E-state index in [4.69, 9.17) is 11.6 Å². The van der Waals surface area contributed by atoms with Gasteiger partial charge in [0.15, 0.2) is 24.7 Å². The molecule has 0 spiro atoms. The second-order valence-corrected chi connectivity index (χ2v) is 8.33. The Labute approximate surface area is 175 Å². The Balaban J connectivity index is 1.47. The maximum atomic E-state index is 13.2. The SMILES string of the molecule is Cc1cccc(C[n+]2ccc3c(ccn3C3CCc4ccc(Cl)cc4C3=O)c2)c1. The molecule has 0 amide bonds. The molecule has 0 fully saturated rings. The maximum Gasteiger partial charge on any atom is 0.185 e. The summed E-state index contributed by atoms with van der Waals surface area (Å²) in [6, 6.07) is 18.3. The summed E-state index contributed by atoms with van der Waals surface area (Å²) in [5.41, 5.74) is 5.51. The van der Waals surface area contributed by atoms with Crippen molar-refractivity contribution >= 4 is 28.3 Å².